The van der Waals surface area contributed by atoms with Gasteiger partial charge in [-0.3, -0.25) is 9.59 Å². The number of hydrogen-bond donors (Lipinski definition) is 1. The Hall–Kier alpha value is -2.14. The molecule has 0 saturated heterocycles. The third-order valence-electron chi connectivity index (χ3n) is 7.61. The molecule has 0 heterocycles. The number of carbonyl (C=O) groups excluding carboxylic acids is 2. The van der Waals surface area contributed by atoms with Gasteiger partial charge in [0, 0.05) is 12.8 Å². The lowest BCUT2D eigenvalue weighted by Crippen LogP contribution is -2.28. The molecule has 0 radical (unpaired) electrons. The molecule has 0 aliphatic carbocycles. The van der Waals surface area contributed by atoms with Crippen molar-refractivity contribution >= 4 is 11.9 Å². The van der Waals surface area contributed by atoms with Gasteiger partial charge in [-0.15, -0.1) is 0 Å². The van der Waals surface area contributed by atoms with Crippen molar-refractivity contribution in [1.82, 2.24) is 0 Å². The Morgan fingerprint density at radius 2 is 0.977 bits per heavy atom. The van der Waals surface area contributed by atoms with Crippen molar-refractivity contribution in [1.29, 1.82) is 0 Å². The maximum absolute atomic E-state index is 12.1. The van der Waals surface area contributed by atoms with Crippen molar-refractivity contribution in [2.24, 2.45) is 0 Å². The lowest BCUT2D eigenvalue weighted by atomic mass is 10.1. The van der Waals surface area contributed by atoms with E-state index in [1.54, 1.807) is 0 Å². The van der Waals surface area contributed by atoms with Crippen molar-refractivity contribution in [3.8, 4) is 0 Å². The van der Waals surface area contributed by atoms with Crippen LogP contribution in [0.1, 0.15) is 168 Å². The summed E-state index contributed by atoms with van der Waals surface area (Å²) in [5, 5.41) is 9.52. The fourth-order valence-corrected chi connectivity index (χ4v) is 4.86. The van der Waals surface area contributed by atoms with E-state index >= 15 is 0 Å². The second kappa shape index (κ2) is 35.3. The van der Waals surface area contributed by atoms with Gasteiger partial charge in [0.1, 0.15) is 6.61 Å². The summed E-state index contributed by atoms with van der Waals surface area (Å²) in [5.41, 5.74) is 0. The number of rotatable bonds is 32. The third-order valence-corrected chi connectivity index (χ3v) is 7.61. The van der Waals surface area contributed by atoms with Crippen LogP contribution in [-0.2, 0) is 19.1 Å². The van der Waals surface area contributed by atoms with E-state index in [1.807, 2.05) is 0 Å². The number of ether oxygens (including phenoxy) is 2. The summed E-state index contributed by atoms with van der Waals surface area (Å²) >= 11 is 0. The van der Waals surface area contributed by atoms with E-state index in [0.29, 0.717) is 12.8 Å². The molecule has 254 valence electrons. The van der Waals surface area contributed by atoms with Crippen LogP contribution in [0.5, 0.6) is 0 Å². The van der Waals surface area contributed by atoms with E-state index < -0.39 is 6.10 Å². The van der Waals surface area contributed by atoms with Crippen LogP contribution in [-0.4, -0.2) is 36.4 Å². The minimum Gasteiger partial charge on any atom is -0.462 e. The summed E-state index contributed by atoms with van der Waals surface area (Å²) < 4.78 is 10.6. The van der Waals surface area contributed by atoms with Crippen LogP contribution in [0.4, 0.5) is 0 Å². The fourth-order valence-electron chi connectivity index (χ4n) is 4.86. The van der Waals surface area contributed by atoms with Gasteiger partial charge in [0.15, 0.2) is 6.10 Å². The molecule has 0 bridgehead atoms. The first-order chi connectivity index (χ1) is 21.6. The molecule has 44 heavy (non-hydrogen) atoms. The highest BCUT2D eigenvalue weighted by Gasteiger charge is 2.16. The molecule has 0 saturated carbocycles. The first-order valence-electron chi connectivity index (χ1n) is 18.2. The number of aliphatic hydroxyl groups excluding tert-OH is 1. The van der Waals surface area contributed by atoms with E-state index in [4.69, 9.17) is 9.47 Å². The number of esters is 2. The first kappa shape index (κ1) is 41.9. The normalized spacial score (nSPS) is 12.7. The van der Waals surface area contributed by atoms with Crippen molar-refractivity contribution in [3.05, 3.63) is 48.6 Å². The minimum absolute atomic E-state index is 0.0750. The zero-order chi connectivity index (χ0) is 32.2. The molecular weight excluding hydrogens is 548 g/mol. The Bertz CT molecular complexity index is 752. The molecule has 0 aliphatic heterocycles. The summed E-state index contributed by atoms with van der Waals surface area (Å²) in [4.78, 5) is 24.2. The maximum Gasteiger partial charge on any atom is 0.306 e. The van der Waals surface area contributed by atoms with Crippen molar-refractivity contribution < 1.29 is 24.2 Å². The molecule has 1 N–H and O–H groups in total. The van der Waals surface area contributed by atoms with Gasteiger partial charge in [0.05, 0.1) is 6.61 Å². The van der Waals surface area contributed by atoms with Crippen LogP contribution in [0.15, 0.2) is 48.6 Å². The number of aliphatic hydroxyl groups is 1. The van der Waals surface area contributed by atoms with Gasteiger partial charge >= 0.3 is 11.9 Å². The van der Waals surface area contributed by atoms with Gasteiger partial charge in [-0.2, -0.15) is 0 Å². The van der Waals surface area contributed by atoms with Gasteiger partial charge in [-0.05, 0) is 70.6 Å². The quantitative estimate of drug-likeness (QED) is 0.0462. The molecule has 1 atom stereocenters. The topological polar surface area (TPSA) is 72.8 Å². The largest absolute Gasteiger partial charge is 0.462 e. The summed E-state index contributed by atoms with van der Waals surface area (Å²) in [5.74, 6) is -0.616. The summed E-state index contributed by atoms with van der Waals surface area (Å²) in [7, 11) is 0. The molecule has 5 nitrogen and oxygen atoms in total. The lowest BCUT2D eigenvalue weighted by molar-refractivity contribution is -0.161. The van der Waals surface area contributed by atoms with E-state index in [1.165, 1.54) is 70.6 Å². The molecule has 0 aliphatic rings. The maximum atomic E-state index is 12.1. The molecule has 0 spiro atoms. The zero-order valence-corrected chi connectivity index (χ0v) is 28.7. The van der Waals surface area contributed by atoms with Crippen LogP contribution >= 0.6 is 0 Å². The van der Waals surface area contributed by atoms with Gasteiger partial charge in [0.2, 0.25) is 0 Å². The van der Waals surface area contributed by atoms with Crippen LogP contribution in [0.2, 0.25) is 0 Å². The molecule has 0 aromatic carbocycles. The fraction of sp³-hybridized carbons (Fsp3) is 0.744. The van der Waals surface area contributed by atoms with E-state index in [-0.39, 0.29) is 25.2 Å². The Balaban J connectivity index is 3.61. The van der Waals surface area contributed by atoms with Gasteiger partial charge in [0.25, 0.3) is 0 Å². The number of hydrogen-bond acceptors (Lipinski definition) is 5. The predicted octanol–water partition coefficient (Wildman–Crippen LogP) is 11.1. The molecule has 5 heteroatoms. The van der Waals surface area contributed by atoms with Gasteiger partial charge in [-0.25, -0.2) is 0 Å². The van der Waals surface area contributed by atoms with E-state index in [0.717, 1.165) is 70.6 Å². The molecule has 0 aromatic heterocycles. The van der Waals surface area contributed by atoms with Crippen molar-refractivity contribution in [2.75, 3.05) is 13.2 Å². The lowest BCUT2D eigenvalue weighted by Gasteiger charge is -2.15. The van der Waals surface area contributed by atoms with Crippen LogP contribution in [0.3, 0.4) is 0 Å². The average Bonchev–Trinajstić information content (AvgIpc) is 3.02. The second-order valence-electron chi connectivity index (χ2n) is 11.9. The van der Waals surface area contributed by atoms with Crippen LogP contribution < -0.4 is 0 Å². The van der Waals surface area contributed by atoms with Crippen molar-refractivity contribution in [2.45, 2.75) is 174 Å². The SMILES string of the molecule is CC/C=C\C/C=C\C/C=C\CCCCCCCCCC(=O)OC(CO)COC(=O)CCCCCCC/C=C\CCCCCC. The van der Waals surface area contributed by atoms with Gasteiger partial charge in [-0.1, -0.05) is 133 Å². The molecule has 0 amide bonds. The summed E-state index contributed by atoms with van der Waals surface area (Å²) in [6.45, 7) is 3.98. The molecular formula is C39H68O5. The van der Waals surface area contributed by atoms with E-state index in [9.17, 15) is 14.7 Å². The smallest absolute Gasteiger partial charge is 0.306 e. The summed E-state index contributed by atoms with van der Waals surface area (Å²) in [6.07, 6.45) is 43.0. The predicted molar refractivity (Wildman–Crippen MR) is 187 cm³/mol. The van der Waals surface area contributed by atoms with Crippen molar-refractivity contribution in [3.63, 3.8) is 0 Å². The molecule has 0 aromatic rings. The first-order valence-corrected chi connectivity index (χ1v) is 18.2. The standard InChI is InChI=1S/C39H68O5/c1-3-5-7-9-11-13-15-17-18-19-20-22-24-26-28-30-32-34-39(42)44-37(35-40)36-43-38(41)33-31-29-27-25-23-21-16-14-12-10-8-6-4-2/h5,7,11,13-14,16-18,37,40H,3-4,6,8-10,12,15,19-36H2,1-2H3/b7-5-,13-11-,16-14-,18-17-. The third kappa shape index (κ3) is 32.8. The van der Waals surface area contributed by atoms with E-state index in [2.05, 4.69) is 62.5 Å². The molecule has 1 unspecified atom stereocenters. The Morgan fingerprint density at radius 1 is 0.545 bits per heavy atom. The number of unbranched alkanes of at least 4 members (excludes halogenated alkanes) is 16. The Kier molecular flexibility index (Phi) is 33.6. The molecule has 0 fully saturated rings. The number of allylic oxidation sites excluding steroid dienone is 8. The van der Waals surface area contributed by atoms with Gasteiger partial charge < -0.3 is 14.6 Å². The minimum atomic E-state index is -0.779. The average molecular weight is 617 g/mol. The van der Waals surface area contributed by atoms with Crippen LogP contribution in [0.25, 0.3) is 0 Å². The highest BCUT2D eigenvalue weighted by Crippen LogP contribution is 2.12. The monoisotopic (exact) mass is 617 g/mol. The highest BCUT2D eigenvalue weighted by atomic mass is 16.6. The number of carbonyl (C=O) groups is 2. The Labute approximate surface area is 271 Å². The zero-order valence-electron chi connectivity index (χ0n) is 28.7. The van der Waals surface area contributed by atoms with Crippen LogP contribution in [0, 0.1) is 0 Å². The Morgan fingerprint density at radius 3 is 1.50 bits per heavy atom. The summed E-state index contributed by atoms with van der Waals surface area (Å²) in [6, 6.07) is 0. The second-order valence-corrected chi connectivity index (χ2v) is 11.9. The highest BCUT2D eigenvalue weighted by molar-refractivity contribution is 5.70. The molecule has 0 rings (SSSR count).